The lowest BCUT2D eigenvalue weighted by molar-refractivity contribution is -0.192. The molecule has 1 aliphatic rings. The average molecular weight is 431 g/mol. The van der Waals surface area contributed by atoms with Crippen LogP contribution < -0.4 is 21.1 Å². The number of ether oxygens (including phenoxy) is 1. The number of nitrogens with one attached hydrogen (secondary N) is 2. The SMILES string of the molecule is COc1ccc(NC(=O)/C=C/[C@@H](NC(=O)[C@H](C)N)C2CC2)cc1.O=C(O)C(F)(F)F. The van der Waals surface area contributed by atoms with Gasteiger partial charge >= 0.3 is 12.1 Å². The number of hydrogen-bond acceptors (Lipinski definition) is 5. The minimum atomic E-state index is -5.08. The van der Waals surface area contributed by atoms with Gasteiger partial charge in [0.1, 0.15) is 5.75 Å². The summed E-state index contributed by atoms with van der Waals surface area (Å²) in [5, 5.41) is 12.8. The van der Waals surface area contributed by atoms with Crippen molar-refractivity contribution in [2.45, 2.75) is 38.0 Å². The van der Waals surface area contributed by atoms with Gasteiger partial charge in [0.05, 0.1) is 19.2 Å². The molecule has 166 valence electrons. The molecule has 0 unspecified atom stereocenters. The number of anilines is 1. The van der Waals surface area contributed by atoms with Gasteiger partial charge in [-0.2, -0.15) is 13.2 Å². The van der Waals surface area contributed by atoms with Crippen molar-refractivity contribution < 1.29 is 37.4 Å². The summed E-state index contributed by atoms with van der Waals surface area (Å²) in [6, 6.07) is 6.37. The quantitative estimate of drug-likeness (QED) is 0.489. The Bertz CT molecular complexity index is 760. The molecule has 0 saturated heterocycles. The Kier molecular flexibility index (Phi) is 9.31. The van der Waals surface area contributed by atoms with Gasteiger partial charge < -0.3 is 26.2 Å². The molecular formula is C19H24F3N3O5. The van der Waals surface area contributed by atoms with Crippen LogP contribution in [0.15, 0.2) is 36.4 Å². The number of carboxylic acid groups (broad SMARTS) is 1. The van der Waals surface area contributed by atoms with E-state index in [9.17, 15) is 22.8 Å². The van der Waals surface area contributed by atoms with Gasteiger partial charge in [0.2, 0.25) is 11.8 Å². The Morgan fingerprint density at radius 2 is 1.77 bits per heavy atom. The van der Waals surface area contributed by atoms with Gasteiger partial charge in [0.15, 0.2) is 0 Å². The molecule has 1 aromatic carbocycles. The Morgan fingerprint density at radius 1 is 1.23 bits per heavy atom. The first-order chi connectivity index (χ1) is 13.9. The van der Waals surface area contributed by atoms with E-state index in [4.69, 9.17) is 20.4 Å². The van der Waals surface area contributed by atoms with Gasteiger partial charge in [-0.15, -0.1) is 0 Å². The zero-order valence-electron chi connectivity index (χ0n) is 16.4. The number of nitrogens with two attached hydrogens (primary N) is 1. The van der Waals surface area contributed by atoms with Crippen molar-refractivity contribution in [1.82, 2.24) is 5.32 Å². The molecule has 1 saturated carbocycles. The zero-order valence-corrected chi connectivity index (χ0v) is 16.4. The highest BCUT2D eigenvalue weighted by Gasteiger charge is 2.38. The fraction of sp³-hybridized carbons (Fsp3) is 0.421. The number of methoxy groups -OCH3 is 1. The van der Waals surface area contributed by atoms with E-state index >= 15 is 0 Å². The molecule has 0 bridgehead atoms. The fourth-order valence-corrected chi connectivity index (χ4v) is 2.12. The molecule has 1 aromatic rings. The van der Waals surface area contributed by atoms with E-state index in [1.807, 2.05) is 0 Å². The summed E-state index contributed by atoms with van der Waals surface area (Å²) in [5.74, 6) is -2.08. The number of carboxylic acids is 1. The molecular weight excluding hydrogens is 407 g/mol. The minimum Gasteiger partial charge on any atom is -0.497 e. The smallest absolute Gasteiger partial charge is 0.490 e. The molecule has 0 radical (unpaired) electrons. The van der Waals surface area contributed by atoms with Crippen LogP contribution in [-0.4, -0.2) is 48.3 Å². The first kappa shape index (κ1) is 25.0. The van der Waals surface area contributed by atoms with E-state index < -0.39 is 18.2 Å². The second-order valence-electron chi connectivity index (χ2n) is 6.54. The number of hydrogen-bond donors (Lipinski definition) is 4. The normalized spacial score (nSPS) is 15.4. The summed E-state index contributed by atoms with van der Waals surface area (Å²) in [4.78, 5) is 32.6. The molecule has 2 amide bonds. The number of carbonyl (C=O) groups is 3. The standard InChI is InChI=1S/C17H23N3O3.C2HF3O2/c1-11(18)17(22)20-15(12-3-4-12)9-10-16(21)19-13-5-7-14(23-2)8-6-13;3-2(4,5)1(6)7/h5-12,15H,3-4,18H2,1-2H3,(H,19,21)(H,20,22);(H,6,7)/b10-9+;/t11-,15+;/m0./s1. The van der Waals surface area contributed by atoms with E-state index in [-0.39, 0.29) is 17.9 Å². The summed E-state index contributed by atoms with van der Waals surface area (Å²) in [6.07, 6.45) is 0.203. The Balaban J connectivity index is 0.000000553. The lowest BCUT2D eigenvalue weighted by atomic mass is 10.1. The molecule has 0 aliphatic heterocycles. The lowest BCUT2D eigenvalue weighted by Gasteiger charge is -2.15. The molecule has 0 heterocycles. The zero-order chi connectivity index (χ0) is 22.9. The van der Waals surface area contributed by atoms with Crippen LogP contribution in [-0.2, 0) is 14.4 Å². The number of carbonyl (C=O) groups excluding carboxylic acids is 2. The fourth-order valence-electron chi connectivity index (χ4n) is 2.12. The van der Waals surface area contributed by atoms with E-state index in [1.54, 1.807) is 44.4 Å². The van der Waals surface area contributed by atoms with Gasteiger partial charge in [-0.1, -0.05) is 6.08 Å². The van der Waals surface area contributed by atoms with Crippen molar-refractivity contribution in [2.24, 2.45) is 11.7 Å². The maximum atomic E-state index is 12.0. The van der Waals surface area contributed by atoms with E-state index in [0.717, 1.165) is 18.6 Å². The van der Waals surface area contributed by atoms with Gasteiger partial charge in [-0.25, -0.2) is 4.79 Å². The lowest BCUT2D eigenvalue weighted by Crippen LogP contribution is -2.44. The monoisotopic (exact) mass is 431 g/mol. The van der Waals surface area contributed by atoms with E-state index in [1.165, 1.54) is 6.08 Å². The van der Waals surface area contributed by atoms with Gasteiger partial charge in [0, 0.05) is 11.8 Å². The van der Waals surface area contributed by atoms with Gasteiger partial charge in [-0.3, -0.25) is 9.59 Å². The van der Waals surface area contributed by atoms with Crippen LogP contribution in [0.3, 0.4) is 0 Å². The Labute approximate surface area is 171 Å². The third kappa shape index (κ3) is 9.41. The highest BCUT2D eigenvalue weighted by molar-refractivity contribution is 5.99. The van der Waals surface area contributed by atoms with Crippen molar-refractivity contribution in [1.29, 1.82) is 0 Å². The molecule has 2 rings (SSSR count). The summed E-state index contributed by atoms with van der Waals surface area (Å²) >= 11 is 0. The number of alkyl halides is 3. The number of benzene rings is 1. The molecule has 0 spiro atoms. The molecule has 5 N–H and O–H groups in total. The molecule has 2 atom stereocenters. The predicted molar refractivity (Wildman–Crippen MR) is 103 cm³/mol. The molecule has 1 aliphatic carbocycles. The third-order valence-corrected chi connectivity index (χ3v) is 3.91. The van der Waals surface area contributed by atoms with E-state index in [0.29, 0.717) is 11.6 Å². The van der Waals surface area contributed by atoms with Crippen molar-refractivity contribution in [2.75, 3.05) is 12.4 Å². The summed E-state index contributed by atoms with van der Waals surface area (Å²) in [6.45, 7) is 1.64. The summed E-state index contributed by atoms with van der Waals surface area (Å²) in [7, 11) is 1.59. The maximum absolute atomic E-state index is 12.0. The third-order valence-electron chi connectivity index (χ3n) is 3.91. The molecule has 30 heavy (non-hydrogen) atoms. The van der Waals surface area contributed by atoms with E-state index in [2.05, 4.69) is 10.6 Å². The number of halogens is 3. The first-order valence-corrected chi connectivity index (χ1v) is 8.93. The van der Waals surface area contributed by atoms with Crippen molar-refractivity contribution >= 4 is 23.5 Å². The topological polar surface area (TPSA) is 131 Å². The van der Waals surface area contributed by atoms with Gasteiger partial charge in [-0.05, 0) is 49.9 Å². The predicted octanol–water partition coefficient (Wildman–Crippen LogP) is 2.07. The maximum Gasteiger partial charge on any atom is 0.490 e. The van der Waals surface area contributed by atoms with Crippen LogP contribution >= 0.6 is 0 Å². The minimum absolute atomic E-state index is 0.143. The van der Waals surface area contributed by atoms with Crippen LogP contribution in [0.1, 0.15) is 19.8 Å². The highest BCUT2D eigenvalue weighted by atomic mass is 19.4. The van der Waals surface area contributed by atoms with Gasteiger partial charge in [0.25, 0.3) is 0 Å². The Morgan fingerprint density at radius 3 is 2.17 bits per heavy atom. The summed E-state index contributed by atoms with van der Waals surface area (Å²) in [5.41, 5.74) is 6.24. The average Bonchev–Trinajstić information content (AvgIpc) is 3.50. The van der Waals surface area contributed by atoms with Crippen molar-refractivity contribution in [3.63, 3.8) is 0 Å². The van der Waals surface area contributed by atoms with Crippen molar-refractivity contribution in [3.05, 3.63) is 36.4 Å². The molecule has 8 nitrogen and oxygen atoms in total. The van der Waals surface area contributed by atoms with Crippen LogP contribution in [0.5, 0.6) is 5.75 Å². The van der Waals surface area contributed by atoms with Crippen molar-refractivity contribution in [3.8, 4) is 5.75 Å². The summed E-state index contributed by atoms with van der Waals surface area (Å²) < 4.78 is 36.8. The number of amides is 2. The molecule has 11 heteroatoms. The van der Waals surface area contributed by atoms with Crippen LogP contribution in [0.2, 0.25) is 0 Å². The largest absolute Gasteiger partial charge is 0.497 e. The second kappa shape index (κ2) is 11.2. The Hall–Kier alpha value is -3.08. The molecule has 0 aromatic heterocycles. The first-order valence-electron chi connectivity index (χ1n) is 8.93. The highest BCUT2D eigenvalue weighted by Crippen LogP contribution is 2.33. The second-order valence-corrected chi connectivity index (χ2v) is 6.54. The number of aliphatic carboxylic acids is 1. The van der Waals surface area contributed by atoms with Crippen LogP contribution in [0.4, 0.5) is 18.9 Å². The van der Waals surface area contributed by atoms with Crippen LogP contribution in [0.25, 0.3) is 0 Å². The number of rotatable bonds is 7. The molecule has 1 fully saturated rings. The van der Waals surface area contributed by atoms with Crippen LogP contribution in [0, 0.1) is 5.92 Å².